The Morgan fingerprint density at radius 3 is 2.62 bits per heavy atom. The molecule has 9 heteroatoms. The number of nitrogens with one attached hydrogen (secondary N) is 1. The molecule has 0 unspecified atom stereocenters. The van der Waals surface area contributed by atoms with Gasteiger partial charge in [-0.3, -0.25) is 0 Å². The maximum atomic E-state index is 13.4. The molecule has 3 aromatic carbocycles. The van der Waals surface area contributed by atoms with Crippen LogP contribution in [0.25, 0.3) is 10.9 Å². The molecule has 0 atom stereocenters. The number of benzene rings is 3. The molecule has 1 N–H and O–H groups in total. The molecule has 1 aromatic heterocycles. The minimum Gasteiger partial charge on any atom is -0.492 e. The topological polar surface area (TPSA) is 65.5 Å². The first-order valence-corrected chi connectivity index (χ1v) is 13.1. The Labute approximate surface area is 224 Å². The highest BCUT2D eigenvalue weighted by atomic mass is 35.5. The Bertz CT molecular complexity index is 1380. The summed E-state index contributed by atoms with van der Waals surface area (Å²) in [5.74, 6) is 2.47. The third-order valence-electron chi connectivity index (χ3n) is 6.10. The molecule has 0 radical (unpaired) electrons. The number of anilines is 2. The minimum atomic E-state index is -0.308. The van der Waals surface area contributed by atoms with Gasteiger partial charge in [-0.25, -0.2) is 14.4 Å². The van der Waals surface area contributed by atoms with Crippen molar-refractivity contribution in [3.8, 4) is 17.2 Å². The Balaban J connectivity index is 1.40. The second-order valence-corrected chi connectivity index (χ2v) is 9.57. The lowest BCUT2D eigenvalue weighted by Crippen LogP contribution is -2.12. The second kappa shape index (κ2) is 11.8. The molecular weight excluding hydrogens is 516 g/mol. The molecule has 1 fully saturated rings. The normalized spacial score (nSPS) is 13.6. The van der Waals surface area contributed by atoms with E-state index in [-0.39, 0.29) is 18.5 Å². The fourth-order valence-electron chi connectivity index (χ4n) is 4.36. The highest BCUT2D eigenvalue weighted by Gasteiger charge is 2.21. The van der Waals surface area contributed by atoms with E-state index in [0.29, 0.717) is 46.1 Å². The van der Waals surface area contributed by atoms with Crippen molar-refractivity contribution in [2.45, 2.75) is 38.4 Å². The summed E-state index contributed by atoms with van der Waals surface area (Å²) in [5, 5.41) is 4.52. The maximum Gasteiger partial charge on any atom is 0.145 e. The Hall–Kier alpha value is -3.29. The van der Waals surface area contributed by atoms with E-state index in [1.165, 1.54) is 18.5 Å². The van der Waals surface area contributed by atoms with Crippen LogP contribution in [-0.4, -0.2) is 28.6 Å². The molecule has 4 aromatic rings. The van der Waals surface area contributed by atoms with Gasteiger partial charge in [-0.1, -0.05) is 23.7 Å². The number of aromatic nitrogens is 2. The van der Waals surface area contributed by atoms with Gasteiger partial charge in [-0.15, -0.1) is 11.6 Å². The molecule has 1 saturated carbocycles. The zero-order chi connectivity index (χ0) is 25.6. The Kier molecular flexibility index (Phi) is 8.12. The summed E-state index contributed by atoms with van der Waals surface area (Å²) in [4.78, 5) is 8.95. The summed E-state index contributed by atoms with van der Waals surface area (Å²) >= 11 is 12.3. The van der Waals surface area contributed by atoms with Crippen LogP contribution in [0.3, 0.4) is 0 Å². The van der Waals surface area contributed by atoms with Crippen LogP contribution in [0.5, 0.6) is 17.2 Å². The van der Waals surface area contributed by atoms with Crippen LogP contribution in [0, 0.1) is 5.82 Å². The molecule has 0 bridgehead atoms. The van der Waals surface area contributed by atoms with Crippen molar-refractivity contribution >= 4 is 45.6 Å². The zero-order valence-corrected chi connectivity index (χ0v) is 21.6. The molecule has 37 heavy (non-hydrogen) atoms. The van der Waals surface area contributed by atoms with Crippen LogP contribution in [0.15, 0.2) is 60.9 Å². The number of nitrogens with zero attached hydrogens (tertiary/aromatic N) is 2. The largest absolute Gasteiger partial charge is 0.492 e. The third kappa shape index (κ3) is 6.35. The first kappa shape index (κ1) is 25.4. The fraction of sp³-hybridized carbons (Fsp3) is 0.286. The molecule has 1 aliphatic carbocycles. The average Bonchev–Trinajstić information content (AvgIpc) is 3.40. The molecule has 0 aliphatic heterocycles. The third-order valence-corrected chi connectivity index (χ3v) is 6.54. The summed E-state index contributed by atoms with van der Waals surface area (Å²) < 4.78 is 31.4. The summed E-state index contributed by atoms with van der Waals surface area (Å²) in [7, 11) is 0. The molecule has 1 aliphatic rings. The second-order valence-electron chi connectivity index (χ2n) is 8.79. The minimum absolute atomic E-state index is 0.142. The van der Waals surface area contributed by atoms with Gasteiger partial charge in [0.05, 0.1) is 27.9 Å². The van der Waals surface area contributed by atoms with Gasteiger partial charge in [0, 0.05) is 17.8 Å². The van der Waals surface area contributed by atoms with E-state index in [4.69, 9.17) is 37.4 Å². The fourth-order valence-corrected chi connectivity index (χ4v) is 4.68. The van der Waals surface area contributed by atoms with Crippen LogP contribution in [0.4, 0.5) is 15.9 Å². The van der Waals surface area contributed by atoms with Crippen LogP contribution < -0.4 is 19.5 Å². The first-order chi connectivity index (χ1) is 18.1. The van der Waals surface area contributed by atoms with Crippen molar-refractivity contribution < 1.29 is 18.6 Å². The van der Waals surface area contributed by atoms with E-state index < -0.39 is 0 Å². The molecular formula is C28H26Cl2FN3O3. The van der Waals surface area contributed by atoms with Gasteiger partial charge < -0.3 is 19.5 Å². The SMILES string of the molecule is Fc1cccc(COc2ccc(Nc3ncnc4cc(OCCCl)cc(OC5CCCC5)c34)cc2Cl)c1. The maximum absolute atomic E-state index is 13.4. The molecule has 0 amide bonds. The van der Waals surface area contributed by atoms with Gasteiger partial charge in [0.2, 0.25) is 0 Å². The molecule has 0 spiro atoms. The number of hydrogen-bond acceptors (Lipinski definition) is 6. The van der Waals surface area contributed by atoms with E-state index in [0.717, 1.165) is 42.3 Å². The van der Waals surface area contributed by atoms with Crippen LogP contribution in [-0.2, 0) is 6.61 Å². The summed E-state index contributed by atoms with van der Waals surface area (Å²) in [6, 6.07) is 15.4. The standard InChI is InChI=1S/C28H26Cl2FN3O3/c29-10-11-35-22-14-24-27(26(15-22)37-21-6-1-2-7-21)28(33-17-32-24)34-20-8-9-25(23(30)13-20)36-16-18-4-3-5-19(31)12-18/h3-5,8-9,12-15,17,21H,1-2,6-7,10-11,16H2,(H,32,33,34). The van der Waals surface area contributed by atoms with Gasteiger partial charge in [-0.2, -0.15) is 0 Å². The number of hydrogen-bond donors (Lipinski definition) is 1. The van der Waals surface area contributed by atoms with Crippen LogP contribution in [0.1, 0.15) is 31.2 Å². The van der Waals surface area contributed by atoms with Gasteiger partial charge in [-0.05, 0) is 61.6 Å². The van der Waals surface area contributed by atoms with E-state index >= 15 is 0 Å². The number of alkyl halides is 1. The van der Waals surface area contributed by atoms with E-state index in [2.05, 4.69) is 15.3 Å². The molecule has 5 rings (SSSR count). The number of rotatable bonds is 10. The molecule has 1 heterocycles. The Morgan fingerprint density at radius 1 is 0.973 bits per heavy atom. The van der Waals surface area contributed by atoms with Crippen molar-refractivity contribution in [1.82, 2.24) is 9.97 Å². The van der Waals surface area contributed by atoms with Crippen molar-refractivity contribution in [3.63, 3.8) is 0 Å². The first-order valence-electron chi connectivity index (χ1n) is 12.2. The van der Waals surface area contributed by atoms with Crippen LogP contribution in [0.2, 0.25) is 5.02 Å². The monoisotopic (exact) mass is 541 g/mol. The van der Waals surface area contributed by atoms with Gasteiger partial charge in [0.1, 0.15) is 48.4 Å². The van der Waals surface area contributed by atoms with Crippen molar-refractivity contribution in [3.05, 3.63) is 77.3 Å². The highest BCUT2D eigenvalue weighted by molar-refractivity contribution is 6.32. The predicted octanol–water partition coefficient (Wildman–Crippen LogP) is 7.68. The summed E-state index contributed by atoms with van der Waals surface area (Å²) in [6.07, 6.45) is 5.96. The van der Waals surface area contributed by atoms with E-state index in [1.807, 2.05) is 18.2 Å². The summed E-state index contributed by atoms with van der Waals surface area (Å²) in [5.41, 5.74) is 2.13. The highest BCUT2D eigenvalue weighted by Crippen LogP contribution is 2.38. The molecule has 0 saturated heterocycles. The lowest BCUT2D eigenvalue weighted by Gasteiger charge is -2.18. The van der Waals surface area contributed by atoms with Crippen molar-refractivity contribution in [2.24, 2.45) is 0 Å². The van der Waals surface area contributed by atoms with Crippen LogP contribution >= 0.6 is 23.2 Å². The smallest absolute Gasteiger partial charge is 0.145 e. The predicted molar refractivity (Wildman–Crippen MR) is 144 cm³/mol. The van der Waals surface area contributed by atoms with Gasteiger partial charge >= 0.3 is 0 Å². The summed E-state index contributed by atoms with van der Waals surface area (Å²) in [6.45, 7) is 0.592. The molecule has 6 nitrogen and oxygen atoms in total. The van der Waals surface area contributed by atoms with Gasteiger partial charge in [0.25, 0.3) is 0 Å². The van der Waals surface area contributed by atoms with E-state index in [9.17, 15) is 4.39 Å². The number of ether oxygens (including phenoxy) is 3. The van der Waals surface area contributed by atoms with Crippen molar-refractivity contribution in [2.75, 3.05) is 17.8 Å². The number of halogens is 3. The van der Waals surface area contributed by atoms with E-state index in [1.54, 1.807) is 24.3 Å². The molecule has 192 valence electrons. The lowest BCUT2D eigenvalue weighted by molar-refractivity contribution is 0.211. The number of fused-ring (bicyclic) bond motifs is 1. The average molecular weight is 542 g/mol. The lowest BCUT2D eigenvalue weighted by atomic mass is 10.2. The van der Waals surface area contributed by atoms with Gasteiger partial charge in [0.15, 0.2) is 0 Å². The Morgan fingerprint density at radius 2 is 1.84 bits per heavy atom. The quantitative estimate of drug-likeness (QED) is 0.207. The zero-order valence-electron chi connectivity index (χ0n) is 20.1. The van der Waals surface area contributed by atoms with Crippen molar-refractivity contribution in [1.29, 1.82) is 0 Å².